The quantitative estimate of drug-likeness (QED) is 0.195. The Morgan fingerprint density at radius 3 is 1.88 bits per heavy atom. The van der Waals surface area contributed by atoms with Gasteiger partial charge in [0, 0.05) is 18.3 Å². The number of unbranched alkanes of at least 4 members (excludes halogenated alkanes) is 11. The molecule has 0 aromatic heterocycles. The topological polar surface area (TPSA) is 69.6 Å². The molecule has 5 heteroatoms. The molecule has 0 spiro atoms. The molecule has 4 nitrogen and oxygen atoms in total. The predicted octanol–water partition coefficient (Wildman–Crippen LogP) is 3.58. The molecule has 0 saturated carbocycles. The van der Waals surface area contributed by atoms with Crippen LogP contribution < -0.4 is 56.5 Å². The smallest absolute Gasteiger partial charge is 0.550 e. The Morgan fingerprint density at radius 2 is 1.32 bits per heavy atom. The van der Waals surface area contributed by atoms with E-state index in [2.05, 4.69) is 13.8 Å². The summed E-state index contributed by atoms with van der Waals surface area (Å²) in [5.74, 6) is -1.73. The fraction of sp³-hybridized carbons (Fsp3) is 0.759. The zero-order chi connectivity index (χ0) is 24.2. The summed E-state index contributed by atoms with van der Waals surface area (Å²) in [7, 11) is 0. The number of rotatable bonds is 22. The van der Waals surface area contributed by atoms with Crippen LogP contribution in [0, 0.1) is 5.92 Å². The van der Waals surface area contributed by atoms with Crippen molar-refractivity contribution >= 4 is 5.97 Å². The van der Waals surface area contributed by atoms with Gasteiger partial charge in [-0.25, -0.2) is 0 Å². The second-order valence-corrected chi connectivity index (χ2v) is 9.62. The van der Waals surface area contributed by atoms with E-state index >= 15 is 0 Å². The number of aliphatic carboxylic acids is 1. The summed E-state index contributed by atoms with van der Waals surface area (Å²) in [5.41, 5.74) is 1.01. The fourth-order valence-corrected chi connectivity index (χ4v) is 4.45. The zero-order valence-electron chi connectivity index (χ0n) is 22.3. The van der Waals surface area contributed by atoms with Crippen molar-refractivity contribution in [3.63, 3.8) is 0 Å². The third kappa shape index (κ3) is 17.6. The third-order valence-corrected chi connectivity index (χ3v) is 6.57. The van der Waals surface area contributed by atoms with E-state index in [1.165, 1.54) is 44.9 Å². The summed E-state index contributed by atoms with van der Waals surface area (Å²) in [6.07, 6.45) is 15.8. The second-order valence-electron chi connectivity index (χ2n) is 9.62. The molecule has 0 heterocycles. The Morgan fingerprint density at radius 1 is 0.824 bits per heavy atom. The minimum Gasteiger partial charge on any atom is -0.550 e. The first-order chi connectivity index (χ1) is 16.1. The Kier molecular flexibility index (Phi) is 23.8. The number of benzene rings is 1. The molecule has 0 fully saturated rings. The molecule has 0 unspecified atom stereocenters. The van der Waals surface area contributed by atoms with Crippen molar-refractivity contribution in [1.29, 1.82) is 0 Å². The van der Waals surface area contributed by atoms with Gasteiger partial charge in [-0.3, -0.25) is 0 Å². The molecule has 1 aromatic rings. The number of aliphatic hydroxyl groups is 1. The van der Waals surface area contributed by atoms with Gasteiger partial charge in [0.2, 0.25) is 0 Å². The van der Waals surface area contributed by atoms with Gasteiger partial charge in [0.1, 0.15) is 0 Å². The van der Waals surface area contributed by atoms with Crippen molar-refractivity contribution in [3.05, 3.63) is 35.9 Å². The van der Waals surface area contributed by atoms with Gasteiger partial charge >= 0.3 is 51.4 Å². The molecule has 34 heavy (non-hydrogen) atoms. The standard InChI is InChI=1S/C29H50O4.K/c1-3-5-7-9-10-11-12-13-17-21-26(30)23-28(33-24-25-19-15-14-16-20-25)27(29(31)32)22-18-8-6-4-2;/h14-16,19-20,26-28,30H,3-13,17-18,21-24H2,1-2H3,(H,31,32);/q;+1/p-1/t26-,27+,28+;/m1./s1. The minimum atomic E-state index is -1.06. The summed E-state index contributed by atoms with van der Waals surface area (Å²) in [6.45, 7) is 4.74. The molecule has 1 N–H and O–H groups in total. The van der Waals surface area contributed by atoms with Gasteiger partial charge in [-0.2, -0.15) is 0 Å². The van der Waals surface area contributed by atoms with E-state index in [9.17, 15) is 15.0 Å². The van der Waals surface area contributed by atoms with E-state index in [0.29, 0.717) is 25.9 Å². The minimum absolute atomic E-state index is 0. The number of hydrogen-bond acceptors (Lipinski definition) is 4. The number of ether oxygens (including phenoxy) is 1. The van der Waals surface area contributed by atoms with Gasteiger partial charge in [0.15, 0.2) is 0 Å². The zero-order valence-corrected chi connectivity index (χ0v) is 25.4. The van der Waals surface area contributed by atoms with Crippen LogP contribution in [0.5, 0.6) is 0 Å². The van der Waals surface area contributed by atoms with Crippen LogP contribution in [0.4, 0.5) is 0 Å². The SMILES string of the molecule is CCCCCCCCCCC[C@@H](O)C[C@H](OCc1ccccc1)[C@H](CCCCCC)C(=O)[O-].[K+]. The average molecular weight is 501 g/mol. The summed E-state index contributed by atoms with van der Waals surface area (Å²) in [4.78, 5) is 12.0. The maximum atomic E-state index is 12.0. The first-order valence-corrected chi connectivity index (χ1v) is 13.6. The van der Waals surface area contributed by atoms with Gasteiger partial charge in [0.05, 0.1) is 18.8 Å². The van der Waals surface area contributed by atoms with Crippen LogP contribution in [0.15, 0.2) is 30.3 Å². The van der Waals surface area contributed by atoms with Crippen molar-refractivity contribution in [3.8, 4) is 0 Å². The van der Waals surface area contributed by atoms with Crippen molar-refractivity contribution in [2.45, 2.75) is 135 Å². The summed E-state index contributed by atoms with van der Waals surface area (Å²) in [6, 6.07) is 9.81. The van der Waals surface area contributed by atoms with Crippen LogP contribution in [0.25, 0.3) is 0 Å². The first kappa shape index (κ1) is 34.2. The number of hydrogen-bond donors (Lipinski definition) is 1. The molecule has 0 bridgehead atoms. The van der Waals surface area contributed by atoms with Gasteiger partial charge in [0.25, 0.3) is 0 Å². The molecular formula is C29H49KO4. The molecule has 0 aliphatic rings. The molecule has 1 rings (SSSR count). The molecule has 0 aliphatic heterocycles. The van der Waals surface area contributed by atoms with Gasteiger partial charge in [-0.15, -0.1) is 0 Å². The Labute approximate surface area is 252 Å². The van der Waals surface area contributed by atoms with E-state index < -0.39 is 24.1 Å². The maximum absolute atomic E-state index is 12.0. The maximum Gasteiger partial charge on any atom is 1.00 e. The van der Waals surface area contributed by atoms with Crippen molar-refractivity contribution in [2.24, 2.45) is 5.92 Å². The Hall–Kier alpha value is 0.246. The largest absolute Gasteiger partial charge is 1.00 e. The number of aliphatic hydroxyl groups excluding tert-OH is 1. The van der Waals surface area contributed by atoms with E-state index in [1.807, 2.05) is 30.3 Å². The van der Waals surface area contributed by atoms with Crippen LogP contribution in [0.2, 0.25) is 0 Å². The number of carbonyl (C=O) groups is 1. The van der Waals surface area contributed by atoms with Crippen molar-refractivity contribution < 1.29 is 71.1 Å². The normalized spacial score (nSPS) is 13.7. The predicted molar refractivity (Wildman–Crippen MR) is 135 cm³/mol. The van der Waals surface area contributed by atoms with Crippen LogP contribution in [0.1, 0.15) is 122 Å². The van der Waals surface area contributed by atoms with E-state index in [4.69, 9.17) is 4.74 Å². The van der Waals surface area contributed by atoms with Crippen molar-refractivity contribution in [2.75, 3.05) is 0 Å². The Bertz CT molecular complexity index is 581. The third-order valence-electron chi connectivity index (χ3n) is 6.57. The molecular weight excluding hydrogens is 451 g/mol. The monoisotopic (exact) mass is 500 g/mol. The van der Waals surface area contributed by atoms with Gasteiger partial charge in [-0.1, -0.05) is 128 Å². The molecule has 0 aliphatic carbocycles. The molecule has 190 valence electrons. The van der Waals surface area contributed by atoms with Gasteiger partial charge < -0.3 is 19.7 Å². The van der Waals surface area contributed by atoms with Gasteiger partial charge in [-0.05, 0) is 18.4 Å². The van der Waals surface area contributed by atoms with E-state index in [0.717, 1.165) is 44.1 Å². The summed E-state index contributed by atoms with van der Waals surface area (Å²) in [5, 5.41) is 22.6. The number of carboxylic acids is 1. The molecule has 1 aromatic carbocycles. The number of carboxylic acid groups (broad SMARTS) is 1. The van der Waals surface area contributed by atoms with Crippen LogP contribution in [0.3, 0.4) is 0 Å². The van der Waals surface area contributed by atoms with E-state index in [-0.39, 0.29) is 51.4 Å². The van der Waals surface area contributed by atoms with Crippen LogP contribution >= 0.6 is 0 Å². The molecule has 0 radical (unpaired) electrons. The van der Waals surface area contributed by atoms with E-state index in [1.54, 1.807) is 0 Å². The Balaban J connectivity index is 0.0000109. The summed E-state index contributed by atoms with van der Waals surface area (Å²) < 4.78 is 6.09. The molecule has 0 amide bonds. The number of carbonyl (C=O) groups excluding carboxylic acids is 1. The fourth-order valence-electron chi connectivity index (χ4n) is 4.45. The second kappa shape index (κ2) is 23.6. The van der Waals surface area contributed by atoms with Crippen LogP contribution in [-0.2, 0) is 16.1 Å². The molecule has 0 saturated heterocycles. The summed E-state index contributed by atoms with van der Waals surface area (Å²) >= 11 is 0. The van der Waals surface area contributed by atoms with Crippen molar-refractivity contribution in [1.82, 2.24) is 0 Å². The first-order valence-electron chi connectivity index (χ1n) is 13.6. The molecule has 3 atom stereocenters. The average Bonchev–Trinajstić information content (AvgIpc) is 2.81. The van der Waals surface area contributed by atoms with Crippen LogP contribution in [-0.4, -0.2) is 23.3 Å².